The number of halogens is 3. The maximum atomic E-state index is 12.9. The second-order valence-electron chi connectivity index (χ2n) is 6.05. The number of amides is 2. The number of morpholine rings is 1. The first-order valence-electron chi connectivity index (χ1n) is 7.72. The van der Waals surface area contributed by atoms with E-state index in [2.05, 4.69) is 10.6 Å². The summed E-state index contributed by atoms with van der Waals surface area (Å²) in [5.41, 5.74) is 2.66. The van der Waals surface area contributed by atoms with Crippen molar-refractivity contribution in [3.05, 3.63) is 35.4 Å². The number of alkyl halides is 3. The lowest BCUT2D eigenvalue weighted by Gasteiger charge is -2.30. The minimum absolute atomic E-state index is 0.0157. The van der Waals surface area contributed by atoms with Crippen LogP contribution in [0.4, 0.5) is 13.2 Å². The van der Waals surface area contributed by atoms with Crippen molar-refractivity contribution in [2.45, 2.75) is 31.1 Å². The lowest BCUT2D eigenvalue weighted by Crippen LogP contribution is -2.54. The van der Waals surface area contributed by atoms with Crippen molar-refractivity contribution < 1.29 is 27.5 Å². The molecule has 2 amide bonds. The molecule has 138 valence electrons. The van der Waals surface area contributed by atoms with Gasteiger partial charge in [0.1, 0.15) is 5.54 Å². The molecule has 1 aromatic carbocycles. The van der Waals surface area contributed by atoms with E-state index < -0.39 is 29.1 Å². The third kappa shape index (κ3) is 4.70. The highest BCUT2D eigenvalue weighted by Crippen LogP contribution is 2.32. The van der Waals surface area contributed by atoms with Crippen molar-refractivity contribution in [1.29, 1.82) is 0 Å². The second-order valence-corrected chi connectivity index (χ2v) is 6.05. The number of carbonyl (C=O) groups is 2. The van der Waals surface area contributed by atoms with Crippen LogP contribution in [-0.2, 0) is 26.0 Å². The normalized spacial score (nSPS) is 20.6. The smallest absolute Gasteiger partial charge is 0.378 e. The van der Waals surface area contributed by atoms with Gasteiger partial charge in [0.25, 0.3) is 0 Å². The van der Waals surface area contributed by atoms with Gasteiger partial charge in [-0.3, -0.25) is 9.59 Å². The fourth-order valence-corrected chi connectivity index (χ4v) is 2.59. The highest BCUT2D eigenvalue weighted by molar-refractivity contribution is 5.91. The lowest BCUT2D eigenvalue weighted by molar-refractivity contribution is -0.138. The molecule has 0 aliphatic carbocycles. The molecule has 2 rings (SSSR count). The molecular weight excluding hydrogens is 339 g/mol. The molecular formula is C16H20F3N3O3. The van der Waals surface area contributed by atoms with Gasteiger partial charge in [-0.15, -0.1) is 0 Å². The van der Waals surface area contributed by atoms with Crippen molar-refractivity contribution in [2.24, 2.45) is 5.73 Å². The zero-order valence-electron chi connectivity index (χ0n) is 13.7. The number of nitrogens with one attached hydrogen (secondary N) is 2. The van der Waals surface area contributed by atoms with Crippen molar-refractivity contribution in [2.75, 3.05) is 19.8 Å². The van der Waals surface area contributed by atoms with Crippen molar-refractivity contribution >= 4 is 11.8 Å². The van der Waals surface area contributed by atoms with Gasteiger partial charge in [-0.05, 0) is 24.6 Å². The Morgan fingerprint density at radius 1 is 1.36 bits per heavy atom. The lowest BCUT2D eigenvalue weighted by atomic mass is 9.89. The van der Waals surface area contributed by atoms with E-state index in [1.807, 2.05) is 0 Å². The number of hydrogen-bond donors (Lipinski definition) is 3. The fraction of sp³-hybridized carbons (Fsp3) is 0.500. The van der Waals surface area contributed by atoms with Crippen molar-refractivity contribution in [3.8, 4) is 0 Å². The van der Waals surface area contributed by atoms with Crippen LogP contribution in [0.2, 0.25) is 0 Å². The van der Waals surface area contributed by atoms with Gasteiger partial charge in [0, 0.05) is 19.0 Å². The molecule has 0 saturated carbocycles. The monoisotopic (exact) mass is 359 g/mol. The van der Waals surface area contributed by atoms with Crippen LogP contribution in [0.3, 0.4) is 0 Å². The zero-order valence-corrected chi connectivity index (χ0v) is 13.7. The Bertz CT molecular complexity index is 645. The van der Waals surface area contributed by atoms with Crippen molar-refractivity contribution in [3.63, 3.8) is 0 Å². The first-order valence-corrected chi connectivity index (χ1v) is 7.72. The molecule has 9 heteroatoms. The fourth-order valence-electron chi connectivity index (χ4n) is 2.59. The highest BCUT2D eigenvalue weighted by atomic mass is 19.4. The summed E-state index contributed by atoms with van der Waals surface area (Å²) in [5.74, 6) is -1.46. The van der Waals surface area contributed by atoms with Gasteiger partial charge in [-0.2, -0.15) is 13.2 Å². The van der Waals surface area contributed by atoms with E-state index >= 15 is 0 Å². The summed E-state index contributed by atoms with van der Waals surface area (Å²) in [6, 6.07) is 3.96. The number of nitrogens with two attached hydrogens (primary N) is 1. The molecule has 0 bridgehead atoms. The number of benzene rings is 1. The quantitative estimate of drug-likeness (QED) is 0.728. The largest absolute Gasteiger partial charge is 0.416 e. The van der Waals surface area contributed by atoms with Crippen LogP contribution in [0.15, 0.2) is 24.3 Å². The summed E-state index contributed by atoms with van der Waals surface area (Å²) in [4.78, 5) is 24.1. The van der Waals surface area contributed by atoms with Gasteiger partial charge in [0.05, 0.1) is 18.8 Å². The molecule has 6 nitrogen and oxygen atoms in total. The van der Waals surface area contributed by atoms with Crippen LogP contribution in [0.5, 0.6) is 0 Å². The molecule has 25 heavy (non-hydrogen) atoms. The van der Waals surface area contributed by atoms with Gasteiger partial charge in [-0.1, -0.05) is 12.1 Å². The minimum atomic E-state index is -4.57. The number of primary amides is 1. The Morgan fingerprint density at radius 3 is 2.60 bits per heavy atom. The third-order valence-corrected chi connectivity index (χ3v) is 4.08. The molecule has 2 unspecified atom stereocenters. The van der Waals surface area contributed by atoms with Crippen LogP contribution in [0, 0.1) is 0 Å². The molecule has 1 aliphatic heterocycles. The van der Waals surface area contributed by atoms with Gasteiger partial charge in [-0.25, -0.2) is 0 Å². The van der Waals surface area contributed by atoms with E-state index in [1.54, 1.807) is 0 Å². The van der Waals surface area contributed by atoms with Gasteiger partial charge >= 0.3 is 6.18 Å². The molecule has 0 spiro atoms. The van der Waals surface area contributed by atoms with E-state index in [0.717, 1.165) is 12.1 Å². The topological polar surface area (TPSA) is 93.4 Å². The summed E-state index contributed by atoms with van der Waals surface area (Å²) in [6.45, 7) is 2.76. The first kappa shape index (κ1) is 19.2. The maximum Gasteiger partial charge on any atom is 0.416 e. The second kappa shape index (κ2) is 7.40. The number of rotatable bonds is 5. The third-order valence-electron chi connectivity index (χ3n) is 4.08. The number of carbonyl (C=O) groups excluding carboxylic acids is 2. The van der Waals surface area contributed by atoms with E-state index in [0.29, 0.717) is 19.8 Å². The first-order chi connectivity index (χ1) is 11.6. The minimum Gasteiger partial charge on any atom is -0.378 e. The predicted octanol–water partition coefficient (Wildman–Crippen LogP) is 0.901. The summed E-state index contributed by atoms with van der Waals surface area (Å²) in [7, 11) is 0. The molecule has 1 aromatic rings. The van der Waals surface area contributed by atoms with E-state index in [1.165, 1.54) is 19.1 Å². The Morgan fingerprint density at radius 2 is 2.04 bits per heavy atom. The van der Waals surface area contributed by atoms with E-state index in [9.17, 15) is 22.8 Å². The molecule has 1 fully saturated rings. The van der Waals surface area contributed by atoms with Crippen LogP contribution >= 0.6 is 0 Å². The summed E-state index contributed by atoms with van der Waals surface area (Å²) >= 11 is 0. The SMILES string of the molecule is CC(NC(=O)CC1COCCN1)(C(N)=O)c1cccc(C(F)(F)F)c1. The Hall–Kier alpha value is -2.13. The van der Waals surface area contributed by atoms with Gasteiger partial charge < -0.3 is 21.1 Å². The van der Waals surface area contributed by atoms with Crippen LogP contribution < -0.4 is 16.4 Å². The molecule has 0 radical (unpaired) electrons. The highest BCUT2D eigenvalue weighted by Gasteiger charge is 2.38. The average molecular weight is 359 g/mol. The maximum absolute atomic E-state index is 12.9. The Labute approximate surface area is 142 Å². The van der Waals surface area contributed by atoms with Gasteiger partial charge in [0.2, 0.25) is 11.8 Å². The Kier molecular flexibility index (Phi) is 5.69. The van der Waals surface area contributed by atoms with Crippen LogP contribution in [0.1, 0.15) is 24.5 Å². The average Bonchev–Trinajstić information content (AvgIpc) is 2.54. The standard InChI is InChI=1S/C16H20F3N3O3/c1-15(14(20)24,10-3-2-4-11(7-10)16(17,18)19)22-13(23)8-12-9-25-6-5-21-12/h2-4,7,12,21H,5-6,8-9H2,1H3,(H2,20,24)(H,22,23). The predicted molar refractivity (Wildman–Crippen MR) is 83.4 cm³/mol. The molecule has 1 aliphatic rings. The van der Waals surface area contributed by atoms with Crippen LogP contribution in [-0.4, -0.2) is 37.6 Å². The molecule has 1 saturated heterocycles. The number of hydrogen-bond acceptors (Lipinski definition) is 4. The molecule has 0 aromatic heterocycles. The van der Waals surface area contributed by atoms with E-state index in [-0.39, 0.29) is 18.0 Å². The van der Waals surface area contributed by atoms with Gasteiger partial charge in [0.15, 0.2) is 0 Å². The zero-order chi connectivity index (χ0) is 18.7. The molecule has 1 heterocycles. The number of ether oxygens (including phenoxy) is 1. The van der Waals surface area contributed by atoms with E-state index in [4.69, 9.17) is 10.5 Å². The Balaban J connectivity index is 2.20. The van der Waals surface area contributed by atoms with Crippen molar-refractivity contribution in [1.82, 2.24) is 10.6 Å². The summed E-state index contributed by atoms with van der Waals surface area (Å²) in [5, 5.41) is 5.54. The summed E-state index contributed by atoms with van der Waals surface area (Å²) < 4.78 is 43.9. The molecule has 4 N–H and O–H groups in total. The summed E-state index contributed by atoms with van der Waals surface area (Å²) in [6.07, 6.45) is -4.55. The van der Waals surface area contributed by atoms with Crippen LogP contribution in [0.25, 0.3) is 0 Å². The molecule has 2 atom stereocenters.